The number of hydrogen-bond acceptors (Lipinski definition) is 0. The summed E-state index contributed by atoms with van der Waals surface area (Å²) in [6, 6.07) is 0. The standard InChI is InChI=1S/C6H8FI/c7-5-3-1-2-4-6(5)8/h2,4-6H,1,3H2. The van der Waals surface area contributed by atoms with Gasteiger partial charge >= 0.3 is 0 Å². The topological polar surface area (TPSA) is 0 Å². The summed E-state index contributed by atoms with van der Waals surface area (Å²) < 4.78 is 12.6. The molecule has 0 fully saturated rings. The SMILES string of the molecule is FC1CCC=CC1I. The molecular weight excluding hydrogens is 218 g/mol. The summed E-state index contributed by atoms with van der Waals surface area (Å²) in [5.41, 5.74) is 0. The molecule has 1 aliphatic rings. The molecule has 0 spiro atoms. The van der Waals surface area contributed by atoms with Gasteiger partial charge in [-0.05, 0) is 12.8 Å². The molecule has 0 aromatic carbocycles. The summed E-state index contributed by atoms with van der Waals surface area (Å²) in [6.07, 6.45) is 5.02. The van der Waals surface area contributed by atoms with Crippen molar-refractivity contribution in [2.45, 2.75) is 22.9 Å². The fraction of sp³-hybridized carbons (Fsp3) is 0.667. The van der Waals surface area contributed by atoms with Crippen LogP contribution < -0.4 is 0 Å². The number of hydrogen-bond donors (Lipinski definition) is 0. The highest BCUT2D eigenvalue weighted by Crippen LogP contribution is 2.21. The van der Waals surface area contributed by atoms with Crippen LogP contribution in [0.2, 0.25) is 0 Å². The predicted molar refractivity (Wildman–Crippen MR) is 41.1 cm³/mol. The van der Waals surface area contributed by atoms with E-state index in [-0.39, 0.29) is 3.92 Å². The molecule has 0 bridgehead atoms. The van der Waals surface area contributed by atoms with E-state index in [1.807, 2.05) is 12.2 Å². The Kier molecular flexibility index (Phi) is 2.28. The van der Waals surface area contributed by atoms with E-state index in [9.17, 15) is 4.39 Å². The van der Waals surface area contributed by atoms with Gasteiger partial charge in [-0.15, -0.1) is 0 Å². The van der Waals surface area contributed by atoms with Gasteiger partial charge in [-0.2, -0.15) is 0 Å². The quantitative estimate of drug-likeness (QED) is 0.338. The van der Waals surface area contributed by atoms with E-state index in [2.05, 4.69) is 22.6 Å². The van der Waals surface area contributed by atoms with Gasteiger partial charge in [-0.25, -0.2) is 4.39 Å². The predicted octanol–water partition coefficient (Wildman–Crippen LogP) is 2.48. The number of alkyl halides is 2. The van der Waals surface area contributed by atoms with Crippen molar-refractivity contribution in [1.82, 2.24) is 0 Å². The minimum atomic E-state index is -0.597. The van der Waals surface area contributed by atoms with Gasteiger partial charge in [-0.3, -0.25) is 0 Å². The lowest BCUT2D eigenvalue weighted by molar-refractivity contribution is 0.324. The van der Waals surface area contributed by atoms with Crippen LogP contribution in [-0.2, 0) is 0 Å². The summed E-state index contributed by atoms with van der Waals surface area (Å²) in [5, 5.41) is 0. The highest BCUT2D eigenvalue weighted by Gasteiger charge is 2.16. The van der Waals surface area contributed by atoms with Gasteiger partial charge in [-0.1, -0.05) is 34.7 Å². The largest absolute Gasteiger partial charge is 0.246 e. The maximum Gasteiger partial charge on any atom is 0.116 e. The Hall–Kier alpha value is 0.400. The third-order valence-corrected chi connectivity index (χ3v) is 2.47. The Morgan fingerprint density at radius 2 is 2.38 bits per heavy atom. The Morgan fingerprint density at radius 3 is 2.75 bits per heavy atom. The summed E-state index contributed by atoms with van der Waals surface area (Å²) in [7, 11) is 0. The second kappa shape index (κ2) is 2.80. The van der Waals surface area contributed by atoms with E-state index in [1.165, 1.54) is 0 Å². The van der Waals surface area contributed by atoms with Gasteiger partial charge in [0.05, 0.1) is 3.92 Å². The minimum absolute atomic E-state index is 0.126. The zero-order valence-electron chi connectivity index (χ0n) is 4.48. The van der Waals surface area contributed by atoms with Crippen molar-refractivity contribution in [3.05, 3.63) is 12.2 Å². The van der Waals surface area contributed by atoms with Gasteiger partial charge in [0.2, 0.25) is 0 Å². The van der Waals surface area contributed by atoms with Crippen LogP contribution in [0.3, 0.4) is 0 Å². The molecule has 1 rings (SSSR count). The number of halogens is 2. The fourth-order valence-corrected chi connectivity index (χ4v) is 1.41. The molecule has 0 saturated heterocycles. The molecule has 0 aromatic rings. The highest BCUT2D eigenvalue weighted by atomic mass is 127. The van der Waals surface area contributed by atoms with Gasteiger partial charge in [0, 0.05) is 0 Å². The van der Waals surface area contributed by atoms with Crippen molar-refractivity contribution >= 4 is 22.6 Å². The van der Waals surface area contributed by atoms with E-state index < -0.39 is 6.17 Å². The maximum atomic E-state index is 12.5. The summed E-state index contributed by atoms with van der Waals surface area (Å²) in [5.74, 6) is 0. The molecule has 0 N–H and O–H groups in total. The normalized spacial score (nSPS) is 37.8. The van der Waals surface area contributed by atoms with Gasteiger partial charge < -0.3 is 0 Å². The van der Waals surface area contributed by atoms with E-state index >= 15 is 0 Å². The summed E-state index contributed by atoms with van der Waals surface area (Å²) >= 11 is 2.12. The molecule has 1 aliphatic carbocycles. The number of allylic oxidation sites excluding steroid dienone is 2. The third-order valence-electron chi connectivity index (χ3n) is 1.27. The third kappa shape index (κ3) is 1.44. The lowest BCUT2D eigenvalue weighted by Gasteiger charge is -2.13. The average Bonchev–Trinajstić information content (AvgIpc) is 1.77. The first kappa shape index (κ1) is 6.52. The van der Waals surface area contributed by atoms with Crippen molar-refractivity contribution in [1.29, 1.82) is 0 Å². The molecule has 0 heterocycles. The Labute approximate surface area is 62.3 Å². The van der Waals surface area contributed by atoms with E-state index in [0.29, 0.717) is 6.42 Å². The molecule has 0 nitrogen and oxygen atoms in total. The highest BCUT2D eigenvalue weighted by molar-refractivity contribution is 14.1. The Morgan fingerprint density at radius 1 is 1.62 bits per heavy atom. The number of rotatable bonds is 0. The summed E-state index contributed by atoms with van der Waals surface area (Å²) in [4.78, 5) is 0. The molecule has 8 heavy (non-hydrogen) atoms. The molecule has 0 saturated carbocycles. The van der Waals surface area contributed by atoms with Crippen LogP contribution >= 0.6 is 22.6 Å². The van der Waals surface area contributed by atoms with Gasteiger partial charge in [0.25, 0.3) is 0 Å². The molecule has 0 amide bonds. The van der Waals surface area contributed by atoms with Crippen LogP contribution in [0.25, 0.3) is 0 Å². The van der Waals surface area contributed by atoms with Crippen LogP contribution in [0.15, 0.2) is 12.2 Å². The molecule has 2 heteroatoms. The molecule has 2 atom stereocenters. The zero-order valence-corrected chi connectivity index (χ0v) is 6.64. The lowest BCUT2D eigenvalue weighted by atomic mass is 10.1. The first-order chi connectivity index (χ1) is 3.80. The first-order valence-electron chi connectivity index (χ1n) is 2.75. The van der Waals surface area contributed by atoms with E-state index in [4.69, 9.17) is 0 Å². The van der Waals surface area contributed by atoms with Crippen molar-refractivity contribution < 1.29 is 4.39 Å². The van der Waals surface area contributed by atoms with Crippen LogP contribution in [0.1, 0.15) is 12.8 Å². The van der Waals surface area contributed by atoms with Gasteiger partial charge in [0.15, 0.2) is 0 Å². The van der Waals surface area contributed by atoms with Crippen molar-refractivity contribution in [3.63, 3.8) is 0 Å². The fourth-order valence-electron chi connectivity index (χ4n) is 0.761. The van der Waals surface area contributed by atoms with Crippen molar-refractivity contribution in [2.24, 2.45) is 0 Å². The minimum Gasteiger partial charge on any atom is -0.246 e. The smallest absolute Gasteiger partial charge is 0.116 e. The van der Waals surface area contributed by atoms with Crippen molar-refractivity contribution in [2.75, 3.05) is 0 Å². The second-order valence-electron chi connectivity index (χ2n) is 1.97. The van der Waals surface area contributed by atoms with E-state index in [0.717, 1.165) is 6.42 Å². The van der Waals surface area contributed by atoms with Crippen molar-refractivity contribution in [3.8, 4) is 0 Å². The Bertz CT molecular complexity index is 101. The monoisotopic (exact) mass is 226 g/mol. The average molecular weight is 226 g/mol. The first-order valence-corrected chi connectivity index (χ1v) is 4.00. The lowest BCUT2D eigenvalue weighted by Crippen LogP contribution is -2.15. The molecule has 46 valence electrons. The Balaban J connectivity index is 2.47. The molecular formula is C6H8FI. The van der Waals surface area contributed by atoms with Crippen LogP contribution in [0.4, 0.5) is 4.39 Å². The molecule has 0 radical (unpaired) electrons. The zero-order chi connectivity index (χ0) is 5.98. The van der Waals surface area contributed by atoms with Crippen LogP contribution in [-0.4, -0.2) is 10.1 Å². The molecule has 0 aliphatic heterocycles. The molecule has 2 unspecified atom stereocenters. The summed E-state index contributed by atoms with van der Waals surface area (Å²) in [6.45, 7) is 0. The molecule has 0 aromatic heterocycles. The van der Waals surface area contributed by atoms with Crippen LogP contribution in [0, 0.1) is 0 Å². The van der Waals surface area contributed by atoms with Gasteiger partial charge in [0.1, 0.15) is 6.17 Å². The second-order valence-corrected chi connectivity index (χ2v) is 3.40. The maximum absolute atomic E-state index is 12.5. The van der Waals surface area contributed by atoms with Crippen LogP contribution in [0.5, 0.6) is 0 Å². The van der Waals surface area contributed by atoms with E-state index in [1.54, 1.807) is 0 Å².